The summed E-state index contributed by atoms with van der Waals surface area (Å²) >= 11 is 2.68. The number of alkyl halides is 9. The fourth-order valence-electron chi connectivity index (χ4n) is 1.65. The zero-order chi connectivity index (χ0) is 18.3. The number of benzene rings is 1. The molecule has 1 aromatic rings. The van der Waals surface area contributed by atoms with Crippen LogP contribution in [0.2, 0.25) is 0 Å². The summed E-state index contributed by atoms with van der Waals surface area (Å²) in [5.74, 6) is -3.29. The van der Waals surface area contributed by atoms with Crippen molar-refractivity contribution in [1.29, 1.82) is 0 Å². The Morgan fingerprint density at radius 3 is 1.57 bits per heavy atom. The number of halogens is 10. The quantitative estimate of drug-likeness (QED) is 0.669. The van der Waals surface area contributed by atoms with Crippen LogP contribution in [0.1, 0.15) is 0 Å². The minimum absolute atomic E-state index is 0.200. The van der Waals surface area contributed by atoms with Gasteiger partial charge < -0.3 is 5.32 Å². The van der Waals surface area contributed by atoms with Gasteiger partial charge in [0.25, 0.3) is 5.91 Å². The lowest BCUT2D eigenvalue weighted by atomic mass is 9.84. The van der Waals surface area contributed by atoms with Crippen LogP contribution in [0.15, 0.2) is 28.7 Å². The first kappa shape index (κ1) is 19.6. The van der Waals surface area contributed by atoms with E-state index in [1.54, 1.807) is 0 Å². The van der Waals surface area contributed by atoms with Crippen LogP contribution in [0, 0.1) is 5.41 Å². The van der Waals surface area contributed by atoms with E-state index in [-0.39, 0.29) is 4.47 Å². The van der Waals surface area contributed by atoms with E-state index >= 15 is 0 Å². The van der Waals surface area contributed by atoms with Gasteiger partial charge in [-0.25, -0.2) is 0 Å². The summed E-state index contributed by atoms with van der Waals surface area (Å²) in [5.41, 5.74) is -7.23. The van der Waals surface area contributed by atoms with E-state index < -0.39 is 35.5 Å². The molecule has 0 aromatic heterocycles. The van der Waals surface area contributed by atoms with Crippen molar-refractivity contribution in [2.24, 2.45) is 5.41 Å². The molecule has 0 fully saturated rings. The molecule has 0 unspecified atom stereocenters. The van der Waals surface area contributed by atoms with Crippen molar-refractivity contribution < 1.29 is 44.3 Å². The van der Waals surface area contributed by atoms with Crippen molar-refractivity contribution in [2.45, 2.75) is 18.5 Å². The Morgan fingerprint density at radius 1 is 0.826 bits per heavy atom. The van der Waals surface area contributed by atoms with Gasteiger partial charge in [-0.3, -0.25) is 4.79 Å². The molecule has 1 rings (SSSR count). The molecule has 0 bridgehead atoms. The number of carbonyl (C=O) groups is 1. The maximum Gasteiger partial charge on any atom is 0.421 e. The second-order valence-electron chi connectivity index (χ2n) is 4.18. The van der Waals surface area contributed by atoms with Gasteiger partial charge in [0.2, 0.25) is 0 Å². The summed E-state index contributed by atoms with van der Waals surface area (Å²) in [4.78, 5) is 11.4. The van der Waals surface area contributed by atoms with Crippen LogP contribution < -0.4 is 5.32 Å². The van der Waals surface area contributed by atoms with Crippen molar-refractivity contribution in [3.8, 4) is 0 Å². The molecule has 12 heteroatoms. The van der Waals surface area contributed by atoms with E-state index in [4.69, 9.17) is 0 Å². The monoisotopic (exact) mass is 417 g/mol. The molecule has 2 nitrogen and oxygen atoms in total. The molecule has 1 N–H and O–H groups in total. The first-order valence-corrected chi connectivity index (χ1v) is 6.21. The minimum atomic E-state index is -6.95. The molecule has 130 valence electrons. The summed E-state index contributed by atoms with van der Waals surface area (Å²) in [6.45, 7) is 0. The summed E-state index contributed by atoms with van der Waals surface area (Å²) < 4.78 is 114. The third-order valence-electron chi connectivity index (χ3n) is 2.74. The van der Waals surface area contributed by atoms with Gasteiger partial charge in [0, 0.05) is 4.47 Å². The molecule has 0 spiro atoms. The molecule has 0 saturated carbocycles. The second-order valence-corrected chi connectivity index (χ2v) is 5.03. The molecule has 0 atom stereocenters. The average molecular weight is 418 g/mol. The number of carbonyl (C=O) groups excluding carboxylic acids is 1. The highest BCUT2D eigenvalue weighted by Gasteiger charge is 2.88. The normalized spacial score (nSPS) is 13.8. The fraction of sp³-hybridized carbons (Fsp3) is 0.364. The van der Waals surface area contributed by atoms with Crippen LogP contribution >= 0.6 is 15.9 Å². The summed E-state index contributed by atoms with van der Waals surface area (Å²) in [5, 5.41) is 1.02. The van der Waals surface area contributed by atoms with Crippen LogP contribution in [-0.4, -0.2) is 24.4 Å². The highest BCUT2D eigenvalue weighted by molar-refractivity contribution is 9.10. The number of amides is 1. The Kier molecular flexibility index (Phi) is 5.00. The van der Waals surface area contributed by atoms with Crippen LogP contribution in [-0.2, 0) is 4.79 Å². The van der Waals surface area contributed by atoms with Gasteiger partial charge in [0.05, 0.1) is 5.69 Å². The number of rotatable bonds is 2. The molecule has 1 amide bonds. The number of para-hydroxylation sites is 1. The molecule has 0 aliphatic carbocycles. The third-order valence-corrected chi connectivity index (χ3v) is 3.43. The molecular weight excluding hydrogens is 413 g/mol. The predicted octanol–water partition coefficient (Wildman–Crippen LogP) is 5.06. The van der Waals surface area contributed by atoms with Gasteiger partial charge in [0.1, 0.15) is 0 Å². The maximum atomic E-state index is 12.7. The van der Waals surface area contributed by atoms with Crippen LogP contribution in [0.25, 0.3) is 0 Å². The highest BCUT2D eigenvalue weighted by atomic mass is 79.9. The van der Waals surface area contributed by atoms with Gasteiger partial charge >= 0.3 is 23.9 Å². The number of nitrogens with one attached hydrogen (secondary N) is 1. The van der Waals surface area contributed by atoms with Crippen LogP contribution in [0.3, 0.4) is 0 Å². The molecule has 0 aliphatic heterocycles. The van der Waals surface area contributed by atoms with Gasteiger partial charge in [-0.2, -0.15) is 39.5 Å². The van der Waals surface area contributed by atoms with E-state index in [0.717, 1.165) is 23.5 Å². The Morgan fingerprint density at radius 2 is 1.22 bits per heavy atom. The Labute approximate surface area is 130 Å². The second kappa shape index (κ2) is 5.87. The molecule has 0 aliphatic rings. The van der Waals surface area contributed by atoms with E-state index in [2.05, 4.69) is 15.9 Å². The first-order valence-electron chi connectivity index (χ1n) is 5.42. The summed E-state index contributed by atoms with van der Waals surface area (Å²) in [6, 6.07) is 4.31. The highest BCUT2D eigenvalue weighted by Crippen LogP contribution is 2.59. The zero-order valence-corrected chi connectivity index (χ0v) is 12.1. The van der Waals surface area contributed by atoms with E-state index in [0.29, 0.717) is 0 Å². The Balaban J connectivity index is 3.53. The predicted molar refractivity (Wildman–Crippen MR) is 63.4 cm³/mol. The Hall–Kier alpha value is -1.46. The van der Waals surface area contributed by atoms with Crippen LogP contribution in [0.5, 0.6) is 0 Å². The van der Waals surface area contributed by atoms with E-state index in [9.17, 15) is 44.3 Å². The van der Waals surface area contributed by atoms with Gasteiger partial charge in [-0.05, 0) is 28.1 Å². The van der Waals surface area contributed by atoms with E-state index in [1.807, 2.05) is 0 Å². The lowest BCUT2D eigenvalue weighted by molar-refractivity contribution is -0.405. The fourth-order valence-corrected chi connectivity index (χ4v) is 2.03. The molecule has 0 radical (unpaired) electrons. The maximum absolute atomic E-state index is 12.7. The third kappa shape index (κ3) is 3.26. The van der Waals surface area contributed by atoms with Gasteiger partial charge in [-0.1, -0.05) is 12.1 Å². The van der Waals surface area contributed by atoms with E-state index in [1.165, 1.54) is 6.07 Å². The SMILES string of the molecule is O=C(Nc1ccccc1Br)C(C(F)(F)F)(C(F)(F)F)C(F)(F)F. The van der Waals surface area contributed by atoms with Crippen molar-refractivity contribution in [2.75, 3.05) is 5.32 Å². The number of anilines is 1. The zero-order valence-electron chi connectivity index (χ0n) is 10.5. The van der Waals surface area contributed by atoms with Gasteiger partial charge in [0.15, 0.2) is 0 Å². The largest absolute Gasteiger partial charge is 0.421 e. The standard InChI is InChI=1S/C11H5BrF9NO/c12-5-3-1-2-4-6(5)22-7(23)8(9(13,14)15,10(16,17)18)11(19,20)21/h1-4H,(H,22,23). The van der Waals surface area contributed by atoms with Crippen molar-refractivity contribution in [3.63, 3.8) is 0 Å². The summed E-state index contributed by atoms with van der Waals surface area (Å²) in [7, 11) is 0. The van der Waals surface area contributed by atoms with Gasteiger partial charge in [-0.15, -0.1) is 0 Å². The average Bonchev–Trinajstić information content (AvgIpc) is 2.26. The summed E-state index contributed by atoms with van der Waals surface area (Å²) in [6.07, 6.45) is -20.8. The topological polar surface area (TPSA) is 29.1 Å². The van der Waals surface area contributed by atoms with Crippen molar-refractivity contribution >= 4 is 27.5 Å². The molecule has 1 aromatic carbocycles. The molecule has 0 heterocycles. The van der Waals surface area contributed by atoms with Crippen molar-refractivity contribution in [1.82, 2.24) is 0 Å². The lowest BCUT2D eigenvalue weighted by Gasteiger charge is -2.36. The smallest absolute Gasteiger partial charge is 0.324 e. The Bertz CT molecular complexity index is 554. The molecule has 0 saturated heterocycles. The van der Waals surface area contributed by atoms with Crippen molar-refractivity contribution in [3.05, 3.63) is 28.7 Å². The first-order chi connectivity index (χ1) is 10.2. The number of hydrogen-bond acceptors (Lipinski definition) is 1. The lowest BCUT2D eigenvalue weighted by Crippen LogP contribution is -2.65. The minimum Gasteiger partial charge on any atom is -0.324 e. The molecule has 23 heavy (non-hydrogen) atoms. The molecular formula is C11H5BrF9NO. The van der Waals surface area contributed by atoms with Crippen LogP contribution in [0.4, 0.5) is 45.2 Å². The number of hydrogen-bond donors (Lipinski definition) is 1.